The minimum Gasteiger partial charge on any atom is -0.490 e. The van der Waals surface area contributed by atoms with E-state index in [0.717, 1.165) is 10.9 Å². The minimum atomic E-state index is -3.49. The maximum absolute atomic E-state index is 12.4. The fraction of sp³-hybridized carbons (Fsp3) is 0.600. The molecule has 1 aliphatic carbocycles. The molecular formula is C15H20BrNO3S. The molecule has 0 unspecified atom stereocenters. The average Bonchev–Trinajstić information content (AvgIpc) is 2.56. The van der Waals surface area contributed by atoms with Crippen molar-refractivity contribution in [1.29, 1.82) is 0 Å². The smallest absolute Gasteiger partial charge is 0.244 e. The normalized spacial score (nSPS) is 25.7. The predicted molar refractivity (Wildman–Crippen MR) is 84.9 cm³/mol. The molecule has 1 heterocycles. The van der Waals surface area contributed by atoms with Crippen molar-refractivity contribution in [3.05, 3.63) is 22.7 Å². The van der Waals surface area contributed by atoms with Gasteiger partial charge >= 0.3 is 0 Å². The van der Waals surface area contributed by atoms with Crippen molar-refractivity contribution in [2.75, 3.05) is 6.61 Å². The highest BCUT2D eigenvalue weighted by atomic mass is 79.9. The summed E-state index contributed by atoms with van der Waals surface area (Å²) in [5.74, 6) is 1.05. The Hall–Kier alpha value is -0.590. The quantitative estimate of drug-likeness (QED) is 0.863. The van der Waals surface area contributed by atoms with Gasteiger partial charge < -0.3 is 4.74 Å². The van der Waals surface area contributed by atoms with Crippen LogP contribution in [-0.2, 0) is 10.0 Å². The van der Waals surface area contributed by atoms with Gasteiger partial charge in [0.2, 0.25) is 10.0 Å². The fourth-order valence-electron chi connectivity index (χ4n) is 3.27. The van der Waals surface area contributed by atoms with E-state index in [1.165, 1.54) is 32.1 Å². The molecule has 3 rings (SSSR count). The average molecular weight is 374 g/mol. The van der Waals surface area contributed by atoms with Crippen LogP contribution in [0.25, 0.3) is 0 Å². The summed E-state index contributed by atoms with van der Waals surface area (Å²) >= 11 is 3.35. The minimum absolute atomic E-state index is 0.135. The van der Waals surface area contributed by atoms with Crippen LogP contribution >= 0.6 is 15.9 Å². The molecular weight excluding hydrogens is 354 g/mol. The molecule has 0 spiro atoms. The van der Waals surface area contributed by atoms with Crippen molar-refractivity contribution < 1.29 is 13.2 Å². The van der Waals surface area contributed by atoms with Crippen molar-refractivity contribution in [3.63, 3.8) is 0 Å². The molecule has 0 saturated heterocycles. The Bertz CT molecular complexity index is 611. The van der Waals surface area contributed by atoms with Crippen LogP contribution in [0.4, 0.5) is 0 Å². The van der Waals surface area contributed by atoms with E-state index in [4.69, 9.17) is 4.74 Å². The highest BCUT2D eigenvalue weighted by Gasteiger charge is 2.30. The zero-order valence-electron chi connectivity index (χ0n) is 11.8. The molecule has 2 aliphatic rings. The molecule has 1 N–H and O–H groups in total. The van der Waals surface area contributed by atoms with Gasteiger partial charge in [0.05, 0.1) is 6.04 Å². The van der Waals surface area contributed by atoms with Crippen LogP contribution in [-0.4, -0.2) is 21.1 Å². The van der Waals surface area contributed by atoms with Gasteiger partial charge in [-0.25, -0.2) is 13.1 Å². The first kappa shape index (κ1) is 15.3. The van der Waals surface area contributed by atoms with E-state index in [9.17, 15) is 8.42 Å². The van der Waals surface area contributed by atoms with Crippen LogP contribution in [0.1, 0.15) is 38.5 Å². The summed E-state index contributed by atoms with van der Waals surface area (Å²) in [6.07, 6.45) is 7.11. The lowest BCUT2D eigenvalue weighted by atomic mass is 9.85. The second-order valence-corrected chi connectivity index (χ2v) is 8.56. The molecule has 1 fully saturated rings. The number of hydrogen-bond donors (Lipinski definition) is 1. The van der Waals surface area contributed by atoms with Crippen LogP contribution < -0.4 is 9.46 Å². The monoisotopic (exact) mass is 373 g/mol. The highest BCUT2D eigenvalue weighted by molar-refractivity contribution is 9.10. The number of halogens is 1. The van der Waals surface area contributed by atoms with E-state index >= 15 is 0 Å². The lowest BCUT2D eigenvalue weighted by molar-refractivity contribution is 0.236. The first-order chi connectivity index (χ1) is 10.0. The number of sulfonamides is 1. The second kappa shape index (κ2) is 6.26. The molecule has 1 atom stereocenters. The van der Waals surface area contributed by atoms with Gasteiger partial charge in [-0.2, -0.15) is 0 Å². The molecule has 0 aromatic heterocycles. The summed E-state index contributed by atoms with van der Waals surface area (Å²) < 4.78 is 34.3. The molecule has 4 nitrogen and oxygen atoms in total. The Morgan fingerprint density at radius 2 is 2.00 bits per heavy atom. The number of hydrogen-bond acceptors (Lipinski definition) is 3. The number of benzene rings is 1. The molecule has 0 radical (unpaired) electrons. The molecule has 0 bridgehead atoms. The number of fused-ring (bicyclic) bond motifs is 1. The molecule has 1 saturated carbocycles. The summed E-state index contributed by atoms with van der Waals surface area (Å²) in [4.78, 5) is 0.233. The van der Waals surface area contributed by atoms with Gasteiger partial charge in [-0.3, -0.25) is 0 Å². The maximum atomic E-state index is 12.4. The van der Waals surface area contributed by atoms with Crippen LogP contribution in [0.3, 0.4) is 0 Å². The lowest BCUT2D eigenvalue weighted by Crippen LogP contribution is -2.38. The van der Waals surface area contributed by atoms with Gasteiger partial charge in [-0.15, -0.1) is 0 Å². The Balaban J connectivity index is 1.77. The van der Waals surface area contributed by atoms with Crippen molar-refractivity contribution in [3.8, 4) is 5.75 Å². The third-order valence-electron chi connectivity index (χ3n) is 4.30. The summed E-state index contributed by atoms with van der Waals surface area (Å²) in [7, 11) is -3.49. The lowest BCUT2D eigenvalue weighted by Gasteiger charge is -2.25. The van der Waals surface area contributed by atoms with Crippen molar-refractivity contribution in [2.45, 2.75) is 49.5 Å². The summed E-state index contributed by atoms with van der Waals surface area (Å²) in [6, 6.07) is 4.90. The molecule has 1 aromatic rings. The van der Waals surface area contributed by atoms with Crippen LogP contribution in [0.5, 0.6) is 5.75 Å². The van der Waals surface area contributed by atoms with Gasteiger partial charge in [0, 0.05) is 4.47 Å². The van der Waals surface area contributed by atoms with Crippen molar-refractivity contribution in [2.24, 2.45) is 5.92 Å². The molecule has 116 valence electrons. The van der Waals surface area contributed by atoms with Crippen molar-refractivity contribution in [1.82, 2.24) is 4.72 Å². The van der Waals surface area contributed by atoms with Crippen molar-refractivity contribution >= 4 is 26.0 Å². The largest absolute Gasteiger partial charge is 0.490 e. The fourth-order valence-corrected chi connectivity index (χ4v) is 4.97. The predicted octanol–water partition coefficient (Wildman–Crippen LogP) is 3.46. The Morgan fingerprint density at radius 3 is 2.76 bits per heavy atom. The standard InChI is InChI=1S/C15H20BrNO3S/c16-12-6-7-15-14(9-12)20-10-13(17-21(15,18)19)8-11-4-2-1-3-5-11/h6-7,9,11,13,17H,1-5,8,10H2/t13-/m0/s1. The topological polar surface area (TPSA) is 55.4 Å². The van der Waals surface area contributed by atoms with E-state index in [1.807, 2.05) is 0 Å². The van der Waals surface area contributed by atoms with Gasteiger partial charge in [-0.05, 0) is 30.5 Å². The molecule has 1 aliphatic heterocycles. The molecule has 0 amide bonds. The van der Waals surface area contributed by atoms with E-state index in [2.05, 4.69) is 20.7 Å². The Morgan fingerprint density at radius 1 is 1.24 bits per heavy atom. The Labute approximate surface area is 134 Å². The van der Waals surface area contributed by atoms with E-state index in [0.29, 0.717) is 18.3 Å². The summed E-state index contributed by atoms with van der Waals surface area (Å²) in [5, 5.41) is 0. The zero-order valence-corrected chi connectivity index (χ0v) is 14.2. The molecule has 21 heavy (non-hydrogen) atoms. The van der Waals surface area contributed by atoms with E-state index < -0.39 is 10.0 Å². The third-order valence-corrected chi connectivity index (χ3v) is 6.35. The van der Waals surface area contributed by atoms with Gasteiger partial charge in [0.25, 0.3) is 0 Å². The summed E-state index contributed by atoms with van der Waals surface area (Å²) in [5.41, 5.74) is 0. The first-order valence-electron chi connectivity index (χ1n) is 7.49. The van der Waals surface area contributed by atoms with E-state index in [1.54, 1.807) is 18.2 Å². The van der Waals surface area contributed by atoms with E-state index in [-0.39, 0.29) is 10.9 Å². The SMILES string of the molecule is O=S1(=O)N[C@@H](CC2CCCCC2)COc2cc(Br)ccc21. The van der Waals surface area contributed by atoms with Gasteiger partial charge in [0.15, 0.2) is 0 Å². The number of ether oxygens (including phenoxy) is 1. The van der Waals surface area contributed by atoms with Gasteiger partial charge in [0.1, 0.15) is 17.3 Å². The third kappa shape index (κ3) is 3.60. The second-order valence-electron chi connectivity index (χ2n) is 5.96. The number of nitrogens with one attached hydrogen (secondary N) is 1. The number of rotatable bonds is 2. The highest BCUT2D eigenvalue weighted by Crippen LogP contribution is 2.32. The van der Waals surface area contributed by atoms with Crippen LogP contribution in [0.15, 0.2) is 27.6 Å². The Kier molecular flexibility index (Phi) is 4.57. The molecule has 1 aromatic carbocycles. The first-order valence-corrected chi connectivity index (χ1v) is 9.77. The van der Waals surface area contributed by atoms with Crippen LogP contribution in [0, 0.1) is 5.92 Å². The summed E-state index contributed by atoms with van der Waals surface area (Å²) in [6.45, 7) is 0.402. The van der Waals surface area contributed by atoms with Gasteiger partial charge in [-0.1, -0.05) is 48.0 Å². The maximum Gasteiger partial charge on any atom is 0.244 e. The zero-order chi connectivity index (χ0) is 14.9. The van der Waals surface area contributed by atoms with Crippen LogP contribution in [0.2, 0.25) is 0 Å². The molecule has 6 heteroatoms.